The van der Waals surface area contributed by atoms with E-state index in [1.807, 2.05) is 18.7 Å². The second-order valence-corrected chi connectivity index (χ2v) is 4.31. The van der Waals surface area contributed by atoms with Gasteiger partial charge in [-0.3, -0.25) is 5.43 Å². The number of ether oxygens (including phenoxy) is 1. The molecule has 0 saturated carbocycles. The van der Waals surface area contributed by atoms with Crippen LogP contribution in [0.3, 0.4) is 0 Å². The number of hydrogen-bond acceptors (Lipinski definition) is 7. The molecule has 0 unspecified atom stereocenters. The Hall–Kier alpha value is -2.07. The van der Waals surface area contributed by atoms with Gasteiger partial charge in [0.15, 0.2) is 5.60 Å². The largest absolute Gasteiger partial charge is 0.444 e. The van der Waals surface area contributed by atoms with Crippen molar-refractivity contribution in [2.24, 2.45) is 5.84 Å². The molecule has 0 bridgehead atoms. The van der Waals surface area contributed by atoms with Gasteiger partial charge in [0.05, 0.1) is 0 Å². The SMILES string of the molecule is C#CC(C)(C)Oc1nc(NN)nc(N(CC)CC)n1. The average molecular weight is 264 g/mol. The Kier molecular flexibility index (Phi) is 4.89. The molecule has 7 nitrogen and oxygen atoms in total. The third-order valence-corrected chi connectivity index (χ3v) is 2.47. The lowest BCUT2D eigenvalue weighted by atomic mass is 10.2. The first-order valence-electron chi connectivity index (χ1n) is 6.10. The van der Waals surface area contributed by atoms with Crippen LogP contribution in [0, 0.1) is 12.3 Å². The maximum atomic E-state index is 5.55. The zero-order valence-corrected chi connectivity index (χ0v) is 11.8. The molecule has 0 atom stereocenters. The number of hydrogen-bond donors (Lipinski definition) is 2. The molecule has 19 heavy (non-hydrogen) atoms. The Morgan fingerprint density at radius 2 is 1.95 bits per heavy atom. The van der Waals surface area contributed by atoms with Crippen LogP contribution in [-0.4, -0.2) is 33.6 Å². The van der Waals surface area contributed by atoms with Gasteiger partial charge in [0, 0.05) is 13.1 Å². The number of nitrogens with two attached hydrogens (primary N) is 1. The van der Waals surface area contributed by atoms with Gasteiger partial charge in [-0.25, -0.2) is 5.84 Å². The normalized spacial score (nSPS) is 10.7. The molecule has 7 heteroatoms. The van der Waals surface area contributed by atoms with E-state index in [-0.39, 0.29) is 12.0 Å². The minimum atomic E-state index is -0.798. The van der Waals surface area contributed by atoms with E-state index in [0.29, 0.717) is 5.95 Å². The van der Waals surface area contributed by atoms with Crippen molar-refractivity contribution in [2.75, 3.05) is 23.4 Å². The average Bonchev–Trinajstić information content (AvgIpc) is 2.39. The van der Waals surface area contributed by atoms with Crippen molar-refractivity contribution in [2.45, 2.75) is 33.3 Å². The van der Waals surface area contributed by atoms with Gasteiger partial charge in [-0.2, -0.15) is 15.0 Å². The summed E-state index contributed by atoms with van der Waals surface area (Å²) in [6.45, 7) is 9.06. The molecule has 1 rings (SSSR count). The molecule has 0 spiro atoms. The summed E-state index contributed by atoms with van der Waals surface area (Å²) in [6, 6.07) is 0.146. The molecular formula is C12H20N6O. The molecule has 0 aliphatic carbocycles. The maximum Gasteiger partial charge on any atom is 0.324 e. The van der Waals surface area contributed by atoms with Gasteiger partial charge >= 0.3 is 6.01 Å². The van der Waals surface area contributed by atoms with Crippen molar-refractivity contribution >= 4 is 11.9 Å². The monoisotopic (exact) mass is 264 g/mol. The Balaban J connectivity index is 3.12. The van der Waals surface area contributed by atoms with Gasteiger partial charge in [-0.15, -0.1) is 6.42 Å². The molecule has 3 N–H and O–H groups in total. The first kappa shape index (κ1) is 15.0. The van der Waals surface area contributed by atoms with E-state index < -0.39 is 5.60 Å². The van der Waals surface area contributed by atoms with E-state index in [1.54, 1.807) is 13.8 Å². The highest BCUT2D eigenvalue weighted by atomic mass is 16.5. The number of hydrazine groups is 1. The lowest BCUT2D eigenvalue weighted by Crippen LogP contribution is -2.29. The van der Waals surface area contributed by atoms with E-state index in [2.05, 4.69) is 26.3 Å². The fraction of sp³-hybridized carbons (Fsp3) is 0.583. The second kappa shape index (κ2) is 6.20. The number of nitrogen functional groups attached to an aromatic ring is 1. The zero-order valence-electron chi connectivity index (χ0n) is 11.8. The van der Waals surface area contributed by atoms with Crippen LogP contribution in [0.4, 0.5) is 11.9 Å². The minimum absolute atomic E-state index is 0.146. The van der Waals surface area contributed by atoms with E-state index in [0.717, 1.165) is 13.1 Å². The third-order valence-electron chi connectivity index (χ3n) is 2.47. The minimum Gasteiger partial charge on any atom is -0.444 e. The van der Waals surface area contributed by atoms with Gasteiger partial charge in [-0.05, 0) is 27.7 Å². The Morgan fingerprint density at radius 3 is 2.42 bits per heavy atom. The molecule has 0 aliphatic heterocycles. The first-order valence-corrected chi connectivity index (χ1v) is 6.10. The highest BCUT2D eigenvalue weighted by molar-refractivity contribution is 5.37. The number of rotatable bonds is 6. The molecule has 0 aromatic carbocycles. The van der Waals surface area contributed by atoms with Gasteiger partial charge in [-0.1, -0.05) is 5.92 Å². The summed E-state index contributed by atoms with van der Waals surface area (Å²) in [5.74, 6) is 8.60. The molecule has 104 valence electrons. The van der Waals surface area contributed by atoms with Crippen molar-refractivity contribution < 1.29 is 4.74 Å². The molecule has 1 heterocycles. The summed E-state index contributed by atoms with van der Waals surface area (Å²) in [5, 5.41) is 0. The van der Waals surface area contributed by atoms with Crippen LogP contribution in [0.5, 0.6) is 6.01 Å². The molecule has 0 fully saturated rings. The topological polar surface area (TPSA) is 89.2 Å². The maximum absolute atomic E-state index is 5.55. The molecule has 1 aromatic rings. The Labute approximate surface area is 113 Å². The first-order chi connectivity index (χ1) is 8.95. The summed E-state index contributed by atoms with van der Waals surface area (Å²) in [4.78, 5) is 14.4. The van der Waals surface area contributed by atoms with E-state index in [1.165, 1.54) is 0 Å². The summed E-state index contributed by atoms with van der Waals surface area (Å²) in [5.41, 5.74) is 1.60. The van der Waals surface area contributed by atoms with Crippen molar-refractivity contribution in [3.8, 4) is 18.4 Å². The summed E-state index contributed by atoms with van der Waals surface area (Å²) >= 11 is 0. The highest BCUT2D eigenvalue weighted by Crippen LogP contribution is 2.18. The number of terminal acetylenes is 1. The fourth-order valence-corrected chi connectivity index (χ4v) is 1.36. The van der Waals surface area contributed by atoms with Crippen LogP contribution in [0.1, 0.15) is 27.7 Å². The molecule has 0 amide bonds. The van der Waals surface area contributed by atoms with Crippen LogP contribution >= 0.6 is 0 Å². The summed E-state index contributed by atoms with van der Waals surface area (Å²) < 4.78 is 5.55. The van der Waals surface area contributed by atoms with E-state index in [9.17, 15) is 0 Å². The molecule has 0 saturated heterocycles. The third kappa shape index (κ3) is 3.96. The van der Waals surface area contributed by atoms with Crippen molar-refractivity contribution in [1.29, 1.82) is 0 Å². The Bertz CT molecular complexity index is 464. The van der Waals surface area contributed by atoms with Gasteiger partial charge < -0.3 is 9.64 Å². The number of nitrogens with zero attached hydrogens (tertiary/aromatic N) is 4. The van der Waals surface area contributed by atoms with Gasteiger partial charge in [0.2, 0.25) is 11.9 Å². The van der Waals surface area contributed by atoms with Gasteiger partial charge in [0.1, 0.15) is 0 Å². The second-order valence-electron chi connectivity index (χ2n) is 4.31. The lowest BCUT2D eigenvalue weighted by molar-refractivity contribution is 0.156. The predicted molar refractivity (Wildman–Crippen MR) is 74.7 cm³/mol. The van der Waals surface area contributed by atoms with Crippen molar-refractivity contribution in [1.82, 2.24) is 15.0 Å². The number of anilines is 2. The van der Waals surface area contributed by atoms with Gasteiger partial charge in [0.25, 0.3) is 0 Å². The predicted octanol–water partition coefficient (Wildman–Crippen LogP) is 0.794. The van der Waals surface area contributed by atoms with Crippen molar-refractivity contribution in [3.05, 3.63) is 0 Å². The standard InChI is InChI=1S/C12H20N6O/c1-6-12(4,5)19-11-15-9(17-13)14-10(16-11)18(7-2)8-3/h1H,7-8,13H2,2-5H3,(H,14,15,16,17). The van der Waals surface area contributed by atoms with Crippen LogP contribution < -0.4 is 20.9 Å². The molecule has 0 aliphatic rings. The van der Waals surface area contributed by atoms with E-state index >= 15 is 0 Å². The fourth-order valence-electron chi connectivity index (χ4n) is 1.36. The lowest BCUT2D eigenvalue weighted by Gasteiger charge is -2.22. The highest BCUT2D eigenvalue weighted by Gasteiger charge is 2.20. The molecular weight excluding hydrogens is 244 g/mol. The number of aromatic nitrogens is 3. The van der Waals surface area contributed by atoms with Crippen LogP contribution in [0.2, 0.25) is 0 Å². The summed E-state index contributed by atoms with van der Waals surface area (Å²) in [6.07, 6.45) is 5.38. The van der Waals surface area contributed by atoms with E-state index in [4.69, 9.17) is 17.0 Å². The number of nitrogens with one attached hydrogen (secondary N) is 1. The smallest absolute Gasteiger partial charge is 0.324 e. The molecule has 1 aromatic heterocycles. The summed E-state index contributed by atoms with van der Waals surface area (Å²) in [7, 11) is 0. The Morgan fingerprint density at radius 1 is 1.32 bits per heavy atom. The van der Waals surface area contributed by atoms with Crippen LogP contribution in [0.15, 0.2) is 0 Å². The molecule has 0 radical (unpaired) electrons. The quantitative estimate of drug-likeness (QED) is 0.446. The zero-order chi connectivity index (χ0) is 14.5. The van der Waals surface area contributed by atoms with Crippen molar-refractivity contribution in [3.63, 3.8) is 0 Å². The van der Waals surface area contributed by atoms with Crippen LogP contribution in [0.25, 0.3) is 0 Å². The van der Waals surface area contributed by atoms with Crippen LogP contribution in [-0.2, 0) is 0 Å².